The largest absolute Gasteiger partial charge is 0.340 e. The highest BCUT2D eigenvalue weighted by molar-refractivity contribution is 6.07. The second-order valence-corrected chi connectivity index (χ2v) is 8.10. The first-order valence-corrected chi connectivity index (χ1v) is 10.5. The van der Waals surface area contributed by atoms with Crippen molar-refractivity contribution < 1.29 is 13.8 Å². The first-order valence-electron chi connectivity index (χ1n) is 10.5. The van der Waals surface area contributed by atoms with Crippen molar-refractivity contribution in [2.75, 3.05) is 0 Å². The van der Waals surface area contributed by atoms with Gasteiger partial charge in [-0.05, 0) is 25.8 Å². The maximum Gasteiger partial charge on any atom is 0.259 e. The van der Waals surface area contributed by atoms with Crippen molar-refractivity contribution in [1.82, 2.24) is 25.6 Å². The number of benzene rings is 1. The Kier molecular flexibility index (Phi) is 4.77. The molecule has 0 bridgehead atoms. The molecule has 1 amide bonds. The van der Waals surface area contributed by atoms with E-state index in [1.807, 2.05) is 37.3 Å². The normalized spacial score (nSPS) is 15.8. The Morgan fingerprint density at radius 2 is 1.77 bits per heavy atom. The predicted octanol–water partition coefficient (Wildman–Crippen LogP) is 4.48. The lowest BCUT2D eigenvalue weighted by molar-refractivity contribution is 0.0857. The van der Waals surface area contributed by atoms with E-state index in [2.05, 4.69) is 25.6 Å². The van der Waals surface area contributed by atoms with E-state index in [0.717, 1.165) is 37.7 Å². The zero-order valence-corrected chi connectivity index (χ0v) is 17.5. The van der Waals surface area contributed by atoms with E-state index in [4.69, 9.17) is 9.05 Å². The molecule has 31 heavy (non-hydrogen) atoms. The van der Waals surface area contributed by atoms with Crippen molar-refractivity contribution in [3.05, 3.63) is 59.4 Å². The highest BCUT2D eigenvalue weighted by Crippen LogP contribution is 2.36. The SMILES string of the molecule is Cc1nc(C2(NC(=O)c3cc(-c4ccccc4)nc4onc(C)c34)CCCCC2)no1. The molecule has 1 aromatic carbocycles. The van der Waals surface area contributed by atoms with Crippen LogP contribution in [-0.2, 0) is 5.54 Å². The highest BCUT2D eigenvalue weighted by Gasteiger charge is 2.40. The fourth-order valence-corrected chi connectivity index (χ4v) is 4.37. The molecule has 158 valence electrons. The summed E-state index contributed by atoms with van der Waals surface area (Å²) in [6.45, 7) is 3.57. The van der Waals surface area contributed by atoms with Gasteiger partial charge in [0.2, 0.25) is 5.89 Å². The van der Waals surface area contributed by atoms with Gasteiger partial charge in [-0.1, -0.05) is 59.9 Å². The van der Waals surface area contributed by atoms with Crippen LogP contribution in [0.1, 0.15) is 59.9 Å². The Labute approximate surface area is 179 Å². The van der Waals surface area contributed by atoms with Crippen LogP contribution in [0.15, 0.2) is 45.4 Å². The van der Waals surface area contributed by atoms with E-state index >= 15 is 0 Å². The van der Waals surface area contributed by atoms with Crippen LogP contribution in [0.25, 0.3) is 22.4 Å². The van der Waals surface area contributed by atoms with Gasteiger partial charge in [0.1, 0.15) is 5.54 Å². The molecule has 3 heterocycles. The summed E-state index contributed by atoms with van der Waals surface area (Å²) >= 11 is 0. The summed E-state index contributed by atoms with van der Waals surface area (Å²) in [6, 6.07) is 11.5. The number of aromatic nitrogens is 4. The third-order valence-electron chi connectivity index (χ3n) is 5.95. The molecule has 8 nitrogen and oxygen atoms in total. The zero-order valence-electron chi connectivity index (χ0n) is 17.5. The van der Waals surface area contributed by atoms with E-state index < -0.39 is 5.54 Å². The van der Waals surface area contributed by atoms with Gasteiger partial charge in [0.25, 0.3) is 11.6 Å². The van der Waals surface area contributed by atoms with Crippen molar-refractivity contribution in [2.45, 2.75) is 51.5 Å². The van der Waals surface area contributed by atoms with E-state index in [1.165, 1.54) is 0 Å². The van der Waals surface area contributed by atoms with Gasteiger partial charge in [0.15, 0.2) is 5.82 Å². The third kappa shape index (κ3) is 3.48. The van der Waals surface area contributed by atoms with Crippen molar-refractivity contribution in [2.24, 2.45) is 0 Å². The molecule has 0 unspecified atom stereocenters. The highest BCUT2D eigenvalue weighted by atomic mass is 16.5. The predicted molar refractivity (Wildman–Crippen MR) is 113 cm³/mol. The minimum absolute atomic E-state index is 0.222. The molecule has 0 saturated heterocycles. The molecule has 0 aliphatic heterocycles. The summed E-state index contributed by atoms with van der Waals surface area (Å²) in [7, 11) is 0. The number of aryl methyl sites for hydroxylation is 2. The monoisotopic (exact) mass is 417 g/mol. The van der Waals surface area contributed by atoms with E-state index in [9.17, 15) is 4.79 Å². The van der Waals surface area contributed by atoms with Gasteiger partial charge in [-0.3, -0.25) is 4.79 Å². The van der Waals surface area contributed by atoms with E-state index in [1.54, 1.807) is 13.0 Å². The van der Waals surface area contributed by atoms with Gasteiger partial charge in [-0.25, -0.2) is 4.98 Å². The number of nitrogens with zero attached hydrogens (tertiary/aromatic N) is 4. The maximum absolute atomic E-state index is 13.7. The van der Waals surface area contributed by atoms with Crippen LogP contribution in [0.4, 0.5) is 0 Å². The lowest BCUT2D eigenvalue weighted by atomic mass is 9.80. The average Bonchev–Trinajstić information content (AvgIpc) is 3.40. The molecule has 0 radical (unpaired) electrons. The lowest BCUT2D eigenvalue weighted by Gasteiger charge is -2.35. The van der Waals surface area contributed by atoms with Crippen molar-refractivity contribution >= 4 is 17.0 Å². The van der Waals surface area contributed by atoms with Crippen LogP contribution in [-0.4, -0.2) is 26.2 Å². The number of nitrogens with one attached hydrogen (secondary N) is 1. The smallest absolute Gasteiger partial charge is 0.259 e. The number of fused-ring (bicyclic) bond motifs is 1. The van der Waals surface area contributed by atoms with Crippen LogP contribution in [0, 0.1) is 13.8 Å². The first-order chi connectivity index (χ1) is 15.1. The summed E-state index contributed by atoms with van der Waals surface area (Å²) in [5.41, 5.74) is 2.35. The molecule has 0 atom stereocenters. The number of rotatable bonds is 4. The topological polar surface area (TPSA) is 107 Å². The quantitative estimate of drug-likeness (QED) is 0.522. The van der Waals surface area contributed by atoms with E-state index in [0.29, 0.717) is 39.8 Å². The number of pyridine rings is 1. The Bertz CT molecular complexity index is 1240. The molecule has 1 fully saturated rings. The summed E-state index contributed by atoms with van der Waals surface area (Å²) in [5.74, 6) is 0.802. The number of hydrogen-bond acceptors (Lipinski definition) is 7. The molecule has 1 N–H and O–H groups in total. The molecule has 1 aliphatic rings. The fraction of sp³-hybridized carbons (Fsp3) is 0.348. The summed E-state index contributed by atoms with van der Waals surface area (Å²) in [6.07, 6.45) is 4.62. The number of hydrogen-bond donors (Lipinski definition) is 1. The Morgan fingerprint density at radius 3 is 2.48 bits per heavy atom. The second-order valence-electron chi connectivity index (χ2n) is 8.10. The van der Waals surface area contributed by atoms with Crippen molar-refractivity contribution in [3.8, 4) is 11.3 Å². The van der Waals surface area contributed by atoms with Gasteiger partial charge in [-0.15, -0.1) is 0 Å². The van der Waals surface area contributed by atoms with Crippen LogP contribution < -0.4 is 5.32 Å². The van der Waals surface area contributed by atoms with Crippen molar-refractivity contribution in [3.63, 3.8) is 0 Å². The van der Waals surface area contributed by atoms with Crippen LogP contribution in [0.5, 0.6) is 0 Å². The molecular weight excluding hydrogens is 394 g/mol. The average molecular weight is 417 g/mol. The summed E-state index contributed by atoms with van der Waals surface area (Å²) in [4.78, 5) is 22.7. The number of carbonyl (C=O) groups excluding carboxylic acids is 1. The molecule has 0 spiro atoms. The minimum Gasteiger partial charge on any atom is -0.340 e. The van der Waals surface area contributed by atoms with Crippen LogP contribution in [0.3, 0.4) is 0 Å². The summed E-state index contributed by atoms with van der Waals surface area (Å²) < 4.78 is 10.7. The first kappa shape index (κ1) is 19.4. The number of amides is 1. The van der Waals surface area contributed by atoms with Crippen LogP contribution in [0.2, 0.25) is 0 Å². The van der Waals surface area contributed by atoms with Crippen molar-refractivity contribution in [1.29, 1.82) is 0 Å². The lowest BCUT2D eigenvalue weighted by Crippen LogP contribution is -2.48. The van der Waals surface area contributed by atoms with Gasteiger partial charge in [0.05, 0.1) is 22.3 Å². The van der Waals surface area contributed by atoms with E-state index in [-0.39, 0.29) is 5.91 Å². The molecule has 4 aromatic rings. The minimum atomic E-state index is -0.652. The molecule has 1 saturated carbocycles. The van der Waals surface area contributed by atoms with Crippen LogP contribution >= 0.6 is 0 Å². The number of carbonyl (C=O) groups is 1. The molecule has 5 rings (SSSR count). The second kappa shape index (κ2) is 7.61. The standard InChI is InChI=1S/C23H23N5O3/c1-14-19-17(13-18(25-21(19)31-27-14)16-9-5-3-6-10-16)20(29)26-23(11-7-4-8-12-23)22-24-15(2)30-28-22/h3,5-6,9-10,13H,4,7-8,11-12H2,1-2H3,(H,26,29). The summed E-state index contributed by atoms with van der Waals surface area (Å²) in [5, 5.41) is 12.1. The molecular formula is C23H23N5O3. The molecule has 3 aromatic heterocycles. The van der Waals surface area contributed by atoms with Gasteiger partial charge >= 0.3 is 0 Å². The molecule has 1 aliphatic carbocycles. The maximum atomic E-state index is 13.7. The fourth-order valence-electron chi connectivity index (χ4n) is 4.37. The van der Waals surface area contributed by atoms with Gasteiger partial charge in [0, 0.05) is 12.5 Å². The Hall–Kier alpha value is -3.55. The van der Waals surface area contributed by atoms with Gasteiger partial charge in [-0.2, -0.15) is 4.98 Å². The zero-order chi connectivity index (χ0) is 21.4. The van der Waals surface area contributed by atoms with Gasteiger partial charge < -0.3 is 14.4 Å². The Morgan fingerprint density at radius 1 is 1.00 bits per heavy atom. The Balaban J connectivity index is 1.59. The third-order valence-corrected chi connectivity index (χ3v) is 5.95. The molecule has 8 heteroatoms.